The van der Waals surface area contributed by atoms with Crippen molar-refractivity contribution in [3.63, 3.8) is 0 Å². The molecule has 0 amide bonds. The smallest absolute Gasteiger partial charge is 0.135 e. The maximum absolute atomic E-state index is 6.20. The van der Waals surface area contributed by atoms with E-state index in [1.54, 1.807) is 0 Å². The second kappa shape index (κ2) is 15.7. The van der Waals surface area contributed by atoms with Gasteiger partial charge >= 0.3 is 0 Å². The number of anilines is 2. The van der Waals surface area contributed by atoms with E-state index in [0.29, 0.717) is 6.54 Å². The maximum atomic E-state index is 6.20. The van der Waals surface area contributed by atoms with Gasteiger partial charge in [-0.2, -0.15) is 0 Å². The number of hydrogen-bond acceptors (Lipinski definition) is 2. The first-order valence-corrected chi connectivity index (χ1v) is 24.3. The predicted molar refractivity (Wildman–Crippen MR) is 289 cm³/mol. The van der Waals surface area contributed by atoms with Crippen molar-refractivity contribution in [1.29, 1.82) is 0 Å². The van der Waals surface area contributed by atoms with Gasteiger partial charge in [0, 0.05) is 39.5 Å². The zero-order chi connectivity index (χ0) is 46.4. The fourth-order valence-corrected chi connectivity index (χ4v) is 11.6. The van der Waals surface area contributed by atoms with Crippen molar-refractivity contribution in [3.05, 3.63) is 252 Å². The Kier molecular flexibility index (Phi) is 9.33. The average molecular weight is 886 g/mol. The molecule has 1 aromatic heterocycles. The van der Waals surface area contributed by atoms with E-state index < -0.39 is 0 Å². The number of benzene rings is 10. The van der Waals surface area contributed by atoms with Crippen molar-refractivity contribution in [3.8, 4) is 66.8 Å². The zero-order valence-corrected chi connectivity index (χ0v) is 39.4. The molecule has 0 N–H and O–H groups in total. The van der Waals surface area contributed by atoms with Crippen molar-refractivity contribution in [2.75, 3.05) is 4.90 Å². The topological polar surface area (TPSA) is 16.4 Å². The molecule has 13 rings (SSSR count). The van der Waals surface area contributed by atoms with Crippen molar-refractivity contribution in [2.24, 2.45) is 0 Å². The molecule has 0 saturated heterocycles. The molecule has 0 saturated carbocycles. The highest BCUT2D eigenvalue weighted by atomic mass is 16.3. The maximum Gasteiger partial charge on any atom is 0.135 e. The minimum absolute atomic E-state index is 0.181. The van der Waals surface area contributed by atoms with Crippen LogP contribution < -0.4 is 4.90 Å². The molecule has 10 aromatic carbocycles. The summed E-state index contributed by atoms with van der Waals surface area (Å²) in [6, 6.07) is 82.9. The summed E-state index contributed by atoms with van der Waals surface area (Å²) in [6.07, 6.45) is 0. The summed E-state index contributed by atoms with van der Waals surface area (Å²) in [5.74, 6) is 0. The monoisotopic (exact) mass is 885 g/mol. The van der Waals surface area contributed by atoms with Crippen molar-refractivity contribution in [1.82, 2.24) is 0 Å². The number of furan rings is 1. The third-order valence-electron chi connectivity index (χ3n) is 15.4. The molecule has 2 aliphatic carbocycles. The van der Waals surface area contributed by atoms with Gasteiger partial charge in [0.05, 0.1) is 0 Å². The Hall–Kier alpha value is -8.20. The van der Waals surface area contributed by atoms with Crippen molar-refractivity contribution >= 4 is 33.3 Å². The summed E-state index contributed by atoms with van der Waals surface area (Å²) in [7, 11) is 0. The molecule has 1 heterocycles. The van der Waals surface area contributed by atoms with Crippen molar-refractivity contribution in [2.45, 2.75) is 45.1 Å². The molecular formula is C67H51NO. The van der Waals surface area contributed by atoms with Crippen LogP contribution in [0.1, 0.15) is 55.5 Å². The highest BCUT2D eigenvalue weighted by Crippen LogP contribution is 2.53. The van der Waals surface area contributed by atoms with Gasteiger partial charge < -0.3 is 9.32 Å². The zero-order valence-electron chi connectivity index (χ0n) is 39.4. The molecule has 0 unspecified atom stereocenters. The van der Waals surface area contributed by atoms with E-state index in [9.17, 15) is 0 Å². The van der Waals surface area contributed by atoms with Gasteiger partial charge in [0.1, 0.15) is 11.2 Å². The SMILES string of the molecule is CC1(C)c2cc(-c3ccccc3)ccc2-c2ccc(N(Cc3ccc(-c4ccccc4-c4ccccc4)cc3)c3ccc4c(c3)C(C)(C)c3cc(-c5ccc6oc7ccccc7c6c5)ccc3-4)cc21. The fourth-order valence-electron chi connectivity index (χ4n) is 11.6. The first kappa shape index (κ1) is 41.0. The number of rotatable bonds is 8. The second-order valence-corrected chi connectivity index (χ2v) is 20.1. The molecule has 2 nitrogen and oxygen atoms in total. The van der Waals surface area contributed by atoms with Gasteiger partial charge in [-0.05, 0) is 149 Å². The van der Waals surface area contributed by atoms with Crippen LogP contribution in [0.3, 0.4) is 0 Å². The molecule has 0 atom stereocenters. The lowest BCUT2D eigenvalue weighted by Crippen LogP contribution is -2.20. The van der Waals surface area contributed by atoms with E-state index in [1.807, 2.05) is 12.1 Å². The Labute approximate surface area is 404 Å². The Morgan fingerprint density at radius 1 is 0.319 bits per heavy atom. The third-order valence-corrected chi connectivity index (χ3v) is 15.4. The Balaban J connectivity index is 0.888. The molecule has 330 valence electrons. The molecule has 11 aromatic rings. The average Bonchev–Trinajstić information content (AvgIpc) is 3.96. The Bertz CT molecular complexity index is 3800. The summed E-state index contributed by atoms with van der Waals surface area (Å²) in [6.45, 7) is 10.3. The van der Waals surface area contributed by atoms with Crippen LogP contribution in [0.15, 0.2) is 229 Å². The summed E-state index contributed by atoms with van der Waals surface area (Å²) in [4.78, 5) is 2.54. The Morgan fingerprint density at radius 2 is 0.739 bits per heavy atom. The predicted octanol–water partition coefficient (Wildman–Crippen LogP) is 18.2. The standard InChI is InChI=1S/C67H51NO/c1-66(2)60-38-48(44-15-7-5-8-16-44)27-32-54(60)56-34-30-50(40-62(56)66)68(42-43-23-25-46(26-24-43)53-20-12-11-19-52(53)45-17-9-6-10-18-45)51-31-35-57-55-33-28-49(39-61(55)67(3,4)63(57)41-51)47-29-36-65-59(37-47)58-21-13-14-22-64(58)69-65/h5-41H,42H2,1-4H3. The van der Waals surface area contributed by atoms with Crippen LogP contribution in [-0.2, 0) is 17.4 Å². The van der Waals surface area contributed by atoms with Crippen LogP contribution in [0.2, 0.25) is 0 Å². The van der Waals surface area contributed by atoms with Crippen LogP contribution in [0.25, 0.3) is 88.7 Å². The van der Waals surface area contributed by atoms with Gasteiger partial charge in [-0.25, -0.2) is 0 Å². The third kappa shape index (κ3) is 6.69. The van der Waals surface area contributed by atoms with Crippen molar-refractivity contribution < 1.29 is 4.42 Å². The van der Waals surface area contributed by atoms with Gasteiger partial charge in [-0.1, -0.05) is 198 Å². The number of para-hydroxylation sites is 1. The summed E-state index contributed by atoms with van der Waals surface area (Å²) < 4.78 is 6.20. The number of nitrogens with zero attached hydrogens (tertiary/aromatic N) is 1. The minimum Gasteiger partial charge on any atom is -0.456 e. The van der Waals surface area contributed by atoms with Gasteiger partial charge in [0.2, 0.25) is 0 Å². The molecule has 0 radical (unpaired) electrons. The van der Waals surface area contributed by atoms with Gasteiger partial charge in [0.15, 0.2) is 0 Å². The second-order valence-electron chi connectivity index (χ2n) is 20.1. The van der Waals surface area contributed by atoms with Crippen LogP contribution in [0.4, 0.5) is 11.4 Å². The first-order valence-electron chi connectivity index (χ1n) is 24.3. The summed E-state index contributed by atoms with van der Waals surface area (Å²) >= 11 is 0. The lowest BCUT2D eigenvalue weighted by molar-refractivity contribution is 0.659. The molecule has 0 fully saturated rings. The van der Waals surface area contributed by atoms with Crippen LogP contribution in [0.5, 0.6) is 0 Å². The normalized spacial score (nSPS) is 13.8. The van der Waals surface area contributed by atoms with Gasteiger partial charge in [0.25, 0.3) is 0 Å². The van der Waals surface area contributed by atoms with E-state index in [2.05, 4.69) is 245 Å². The van der Waals surface area contributed by atoms with Gasteiger partial charge in [-0.15, -0.1) is 0 Å². The fraction of sp³-hybridized carbons (Fsp3) is 0.104. The van der Waals surface area contributed by atoms with E-state index in [4.69, 9.17) is 4.42 Å². The molecule has 69 heavy (non-hydrogen) atoms. The lowest BCUT2D eigenvalue weighted by atomic mass is 9.81. The molecule has 0 bridgehead atoms. The molecule has 2 heteroatoms. The Morgan fingerprint density at radius 3 is 1.33 bits per heavy atom. The van der Waals surface area contributed by atoms with E-state index in [0.717, 1.165) is 21.9 Å². The lowest BCUT2D eigenvalue weighted by Gasteiger charge is -2.30. The van der Waals surface area contributed by atoms with E-state index in [-0.39, 0.29) is 10.8 Å². The van der Waals surface area contributed by atoms with Crippen LogP contribution in [-0.4, -0.2) is 0 Å². The molecule has 0 aliphatic heterocycles. The quantitative estimate of drug-likeness (QED) is 0.151. The minimum atomic E-state index is -0.222. The van der Waals surface area contributed by atoms with Crippen LogP contribution in [0, 0.1) is 0 Å². The molecular weight excluding hydrogens is 835 g/mol. The van der Waals surface area contributed by atoms with E-state index in [1.165, 1.54) is 106 Å². The summed E-state index contributed by atoms with van der Waals surface area (Å²) in [5.41, 5.74) is 25.6. The summed E-state index contributed by atoms with van der Waals surface area (Å²) in [5, 5.41) is 2.30. The largest absolute Gasteiger partial charge is 0.456 e. The van der Waals surface area contributed by atoms with Gasteiger partial charge in [-0.3, -0.25) is 0 Å². The van der Waals surface area contributed by atoms with E-state index >= 15 is 0 Å². The first-order chi connectivity index (χ1) is 33.7. The number of fused-ring (bicyclic) bond motifs is 9. The van der Waals surface area contributed by atoms with Crippen LogP contribution >= 0.6 is 0 Å². The number of hydrogen-bond donors (Lipinski definition) is 0. The molecule has 0 spiro atoms. The highest BCUT2D eigenvalue weighted by Gasteiger charge is 2.38. The molecule has 2 aliphatic rings. The highest BCUT2D eigenvalue weighted by molar-refractivity contribution is 6.06.